The standard InChI is InChI=1S/C26H33N3O4S/c1-25(2,3)13-7-8-14-26(4)18-10-6-5-9-17(18)22(30)21(23(26)31)24-28-19-12-11-16(27)15-20(19)34(32,33)29-24/h5-6,9-12,15,30,32-33H,7-8,13-14,27H2,1-4H3,(H,28,29). The molecule has 4 rings (SSSR count). The van der Waals surface area contributed by atoms with Crippen LogP contribution in [-0.4, -0.2) is 25.8 Å². The third-order valence-electron chi connectivity index (χ3n) is 6.60. The van der Waals surface area contributed by atoms with E-state index in [1.807, 2.05) is 25.1 Å². The van der Waals surface area contributed by atoms with Crippen LogP contribution in [0.2, 0.25) is 0 Å². The Morgan fingerprint density at radius 2 is 1.82 bits per heavy atom. The quantitative estimate of drug-likeness (QED) is 0.243. The van der Waals surface area contributed by atoms with Gasteiger partial charge in [0.05, 0.1) is 11.1 Å². The van der Waals surface area contributed by atoms with E-state index in [9.17, 15) is 19.0 Å². The van der Waals surface area contributed by atoms with Crippen LogP contribution in [-0.2, 0) is 10.2 Å². The third kappa shape index (κ3) is 4.33. The number of anilines is 2. The van der Waals surface area contributed by atoms with Gasteiger partial charge in [0.15, 0.2) is 11.6 Å². The molecule has 1 aliphatic heterocycles. The highest BCUT2D eigenvalue weighted by Crippen LogP contribution is 2.56. The van der Waals surface area contributed by atoms with Gasteiger partial charge in [0.1, 0.15) is 16.2 Å². The van der Waals surface area contributed by atoms with Crippen molar-refractivity contribution in [1.82, 2.24) is 0 Å². The number of unbranched alkanes of at least 4 members (excludes halogenated alkanes) is 1. The van der Waals surface area contributed by atoms with Gasteiger partial charge in [-0.3, -0.25) is 13.9 Å². The number of fused-ring (bicyclic) bond motifs is 2. The Labute approximate surface area is 202 Å². The zero-order valence-electron chi connectivity index (χ0n) is 20.1. The van der Waals surface area contributed by atoms with Crippen molar-refractivity contribution in [1.29, 1.82) is 0 Å². The molecule has 1 unspecified atom stereocenters. The molecule has 0 fully saturated rings. The number of hydrogen-bond donors (Lipinski definition) is 5. The van der Waals surface area contributed by atoms with E-state index in [0.29, 0.717) is 23.4 Å². The topological polar surface area (TPSA) is 128 Å². The largest absolute Gasteiger partial charge is 0.506 e. The Morgan fingerprint density at radius 3 is 2.53 bits per heavy atom. The number of aliphatic hydroxyl groups is 1. The van der Waals surface area contributed by atoms with Crippen molar-refractivity contribution < 1.29 is 19.0 Å². The molecule has 2 aromatic rings. The highest BCUT2D eigenvalue weighted by atomic mass is 32.3. The van der Waals surface area contributed by atoms with Crippen LogP contribution in [0.5, 0.6) is 0 Å². The van der Waals surface area contributed by atoms with Gasteiger partial charge >= 0.3 is 0 Å². The molecule has 1 aliphatic carbocycles. The first kappa shape index (κ1) is 24.3. The SMILES string of the molecule is CC(C)(C)CCCCC1(C)C(=O)C(C2=NS(O)(O)c3cc(N)ccc3N2)=C(O)c2ccccc21. The summed E-state index contributed by atoms with van der Waals surface area (Å²) in [5.41, 5.74) is 7.19. The first-order valence-corrected chi connectivity index (χ1v) is 13.0. The van der Waals surface area contributed by atoms with E-state index in [1.165, 1.54) is 6.07 Å². The van der Waals surface area contributed by atoms with Gasteiger partial charge in [0, 0.05) is 11.3 Å². The van der Waals surface area contributed by atoms with Crippen LogP contribution >= 0.6 is 10.8 Å². The molecule has 2 aliphatic rings. The van der Waals surface area contributed by atoms with Gasteiger partial charge in [0.25, 0.3) is 0 Å². The van der Waals surface area contributed by atoms with Crippen LogP contribution in [0.1, 0.15) is 64.5 Å². The lowest BCUT2D eigenvalue weighted by Gasteiger charge is -2.39. The molecule has 0 saturated carbocycles. The molecule has 0 amide bonds. The molecule has 0 aromatic heterocycles. The van der Waals surface area contributed by atoms with Gasteiger partial charge in [-0.05, 0) is 48.9 Å². The predicted octanol–water partition coefficient (Wildman–Crippen LogP) is 6.53. The average molecular weight is 484 g/mol. The Morgan fingerprint density at radius 1 is 1.12 bits per heavy atom. The molecule has 2 aromatic carbocycles. The monoisotopic (exact) mass is 483 g/mol. The summed E-state index contributed by atoms with van der Waals surface area (Å²) in [6, 6.07) is 12.0. The van der Waals surface area contributed by atoms with E-state index in [0.717, 1.165) is 24.8 Å². The number of amidine groups is 1. The summed E-state index contributed by atoms with van der Waals surface area (Å²) in [6.07, 6.45) is 3.47. The number of Topliss-reactive ketones (excluding diaryl/α,β-unsaturated/α-hetero) is 1. The fraction of sp³-hybridized carbons (Fsp3) is 0.385. The van der Waals surface area contributed by atoms with Crippen molar-refractivity contribution in [2.75, 3.05) is 11.1 Å². The molecule has 8 heteroatoms. The zero-order valence-corrected chi connectivity index (χ0v) is 20.9. The lowest BCUT2D eigenvalue weighted by atomic mass is 9.66. The summed E-state index contributed by atoms with van der Waals surface area (Å²) in [5.74, 6) is -0.553. The molecule has 0 spiro atoms. The first-order chi connectivity index (χ1) is 15.8. The molecule has 0 radical (unpaired) electrons. The molecular formula is C26H33N3O4S. The normalized spacial score (nSPS) is 22.4. The van der Waals surface area contributed by atoms with Crippen LogP contribution in [0, 0.1) is 5.41 Å². The molecule has 1 atom stereocenters. The van der Waals surface area contributed by atoms with Crippen molar-refractivity contribution in [3.63, 3.8) is 0 Å². The van der Waals surface area contributed by atoms with E-state index in [2.05, 4.69) is 30.5 Å². The highest BCUT2D eigenvalue weighted by Gasteiger charge is 2.46. The minimum Gasteiger partial charge on any atom is -0.506 e. The molecular weight excluding hydrogens is 450 g/mol. The van der Waals surface area contributed by atoms with E-state index >= 15 is 0 Å². The van der Waals surface area contributed by atoms with Gasteiger partial charge < -0.3 is 16.2 Å². The molecule has 0 bridgehead atoms. The van der Waals surface area contributed by atoms with E-state index in [-0.39, 0.29) is 33.3 Å². The Bertz CT molecular complexity index is 1210. The summed E-state index contributed by atoms with van der Waals surface area (Å²) >= 11 is 0. The van der Waals surface area contributed by atoms with E-state index in [1.54, 1.807) is 18.2 Å². The number of carbonyl (C=O) groups excluding carboxylic acids is 1. The van der Waals surface area contributed by atoms with Gasteiger partial charge in [-0.25, -0.2) is 0 Å². The first-order valence-electron chi connectivity index (χ1n) is 11.5. The molecule has 0 saturated heterocycles. The second kappa shape index (κ2) is 8.45. The zero-order chi connectivity index (χ0) is 24.9. The fourth-order valence-electron chi connectivity index (χ4n) is 4.72. The smallest absolute Gasteiger partial charge is 0.180 e. The van der Waals surface area contributed by atoms with Crippen LogP contribution in [0.3, 0.4) is 0 Å². The number of nitrogens with one attached hydrogen (secondary N) is 1. The summed E-state index contributed by atoms with van der Waals surface area (Å²) in [6.45, 7) is 8.50. The maximum atomic E-state index is 14.0. The van der Waals surface area contributed by atoms with Gasteiger partial charge in [-0.1, -0.05) is 68.7 Å². The van der Waals surface area contributed by atoms with Gasteiger partial charge in [-0.15, -0.1) is 4.40 Å². The fourth-order valence-corrected chi connectivity index (χ4v) is 5.91. The predicted molar refractivity (Wildman–Crippen MR) is 139 cm³/mol. The summed E-state index contributed by atoms with van der Waals surface area (Å²) in [4.78, 5) is 14.1. The lowest BCUT2D eigenvalue weighted by molar-refractivity contribution is -0.120. The van der Waals surface area contributed by atoms with Crippen LogP contribution in [0.15, 0.2) is 57.3 Å². The minimum absolute atomic E-state index is 0.0283. The number of ketones is 1. The molecule has 182 valence electrons. The second-order valence-corrected chi connectivity index (χ2v) is 12.2. The van der Waals surface area contributed by atoms with Crippen molar-refractivity contribution in [2.24, 2.45) is 9.81 Å². The van der Waals surface area contributed by atoms with Crippen molar-refractivity contribution in [3.8, 4) is 0 Å². The van der Waals surface area contributed by atoms with E-state index in [4.69, 9.17) is 5.73 Å². The van der Waals surface area contributed by atoms with Crippen LogP contribution in [0.4, 0.5) is 11.4 Å². The number of rotatable bonds is 5. The Balaban J connectivity index is 1.76. The lowest BCUT2D eigenvalue weighted by Crippen LogP contribution is -2.42. The number of nitrogen functional groups attached to an aromatic ring is 1. The number of nitrogens with two attached hydrogens (primary N) is 1. The maximum absolute atomic E-state index is 14.0. The molecule has 6 N–H and O–H groups in total. The average Bonchev–Trinajstić information content (AvgIpc) is 2.75. The van der Waals surface area contributed by atoms with Crippen molar-refractivity contribution in [3.05, 3.63) is 59.2 Å². The van der Waals surface area contributed by atoms with Crippen molar-refractivity contribution in [2.45, 2.75) is 63.7 Å². The number of nitrogens with zero attached hydrogens (tertiary/aromatic N) is 1. The van der Waals surface area contributed by atoms with Gasteiger partial charge in [0.2, 0.25) is 0 Å². The van der Waals surface area contributed by atoms with Crippen molar-refractivity contribution >= 4 is 39.5 Å². The van der Waals surface area contributed by atoms with Gasteiger partial charge in [-0.2, -0.15) is 0 Å². The van der Waals surface area contributed by atoms with Crippen LogP contribution in [0.25, 0.3) is 5.76 Å². The number of hydrogen-bond acceptors (Lipinski definition) is 7. The third-order valence-corrected chi connectivity index (χ3v) is 7.97. The van der Waals surface area contributed by atoms with E-state index < -0.39 is 16.2 Å². The summed E-state index contributed by atoms with van der Waals surface area (Å²) in [7, 11) is -3.61. The minimum atomic E-state index is -3.61. The Kier molecular flexibility index (Phi) is 6.04. The highest BCUT2D eigenvalue weighted by molar-refractivity contribution is 8.23. The number of benzene rings is 2. The summed E-state index contributed by atoms with van der Waals surface area (Å²) in [5, 5.41) is 14.2. The number of carbonyl (C=O) groups is 1. The number of aliphatic hydroxyl groups excluding tert-OH is 1. The summed E-state index contributed by atoms with van der Waals surface area (Å²) < 4.78 is 25.6. The molecule has 7 nitrogen and oxygen atoms in total. The maximum Gasteiger partial charge on any atom is 0.180 e. The molecule has 34 heavy (non-hydrogen) atoms. The van der Waals surface area contributed by atoms with Crippen LogP contribution < -0.4 is 11.1 Å². The Hall–Kier alpha value is -2.81. The second-order valence-electron chi connectivity index (χ2n) is 10.5. The molecule has 1 heterocycles.